The van der Waals surface area contributed by atoms with Gasteiger partial charge in [-0.1, -0.05) is 0 Å². The standard InChI is InChI=1S/Cs.H3O4P/c;1-5(2,3)4/h;(H3,1,2,3,4). The van der Waals surface area contributed by atoms with Crippen molar-refractivity contribution in [1.82, 2.24) is 0 Å². The normalized spacial score (nSPS) is 9.83. The van der Waals surface area contributed by atoms with E-state index in [1.54, 1.807) is 0 Å². The zero-order valence-electron chi connectivity index (χ0n) is 3.20. The van der Waals surface area contributed by atoms with Crippen LogP contribution in [0.3, 0.4) is 0 Å². The molecule has 0 bridgehead atoms. The molecule has 3 N–H and O–H groups in total. The van der Waals surface area contributed by atoms with Crippen LogP contribution in [0.1, 0.15) is 0 Å². The maximum Gasteiger partial charge on any atom is 0.466 e. The van der Waals surface area contributed by atoms with Gasteiger partial charge in [-0.25, -0.2) is 4.57 Å². The van der Waals surface area contributed by atoms with E-state index in [9.17, 15) is 0 Å². The molecule has 0 saturated heterocycles. The van der Waals surface area contributed by atoms with E-state index in [1.165, 1.54) is 0 Å². The fraction of sp³-hybridized carbons (Fsp3) is 0. The molecular weight excluding hydrogens is 228 g/mol. The summed E-state index contributed by atoms with van der Waals surface area (Å²) in [5.41, 5.74) is 0. The van der Waals surface area contributed by atoms with Gasteiger partial charge in [0.15, 0.2) is 0 Å². The van der Waals surface area contributed by atoms with Gasteiger partial charge < -0.3 is 14.7 Å². The first-order chi connectivity index (χ1) is 2.00. The molecule has 0 atom stereocenters. The van der Waals surface area contributed by atoms with Gasteiger partial charge in [-0.05, 0) is 0 Å². The Morgan fingerprint density at radius 2 is 1.17 bits per heavy atom. The Morgan fingerprint density at radius 1 is 1.17 bits per heavy atom. The Balaban J connectivity index is 0. The van der Waals surface area contributed by atoms with Crippen molar-refractivity contribution in [2.45, 2.75) is 0 Å². The fourth-order valence-corrected chi connectivity index (χ4v) is 0. The van der Waals surface area contributed by atoms with Crippen molar-refractivity contribution in [3.05, 3.63) is 0 Å². The number of rotatable bonds is 0. The largest absolute Gasteiger partial charge is 0.466 e. The van der Waals surface area contributed by atoms with Crippen LogP contribution in [-0.4, -0.2) is 83.6 Å². The van der Waals surface area contributed by atoms with Crippen LogP contribution in [0.15, 0.2) is 0 Å². The number of phosphoric acid groups is 1. The van der Waals surface area contributed by atoms with Gasteiger partial charge in [0.1, 0.15) is 0 Å². The van der Waals surface area contributed by atoms with Crippen molar-refractivity contribution in [3.8, 4) is 0 Å². The van der Waals surface area contributed by atoms with E-state index in [0.717, 1.165) is 0 Å². The van der Waals surface area contributed by atoms with E-state index >= 15 is 0 Å². The quantitative estimate of drug-likeness (QED) is 0.452. The smallest absolute Gasteiger partial charge is 0.303 e. The molecular formula is H3CsO4P. The zero-order valence-corrected chi connectivity index (χ0v) is 10.4. The van der Waals surface area contributed by atoms with Gasteiger partial charge in [0.25, 0.3) is 0 Å². The van der Waals surface area contributed by atoms with Gasteiger partial charge in [0, 0.05) is 68.9 Å². The summed E-state index contributed by atoms with van der Waals surface area (Å²) in [7, 11) is -4.64. The summed E-state index contributed by atoms with van der Waals surface area (Å²) in [4.78, 5) is 21.6. The van der Waals surface area contributed by atoms with Gasteiger partial charge in [-0.15, -0.1) is 0 Å². The number of hydrogen-bond acceptors (Lipinski definition) is 1. The second kappa shape index (κ2) is 4.08. The van der Waals surface area contributed by atoms with E-state index in [-0.39, 0.29) is 68.9 Å². The summed E-state index contributed by atoms with van der Waals surface area (Å²) in [6, 6.07) is 0. The molecule has 0 aliphatic rings. The molecule has 0 heterocycles. The van der Waals surface area contributed by atoms with E-state index in [0.29, 0.717) is 0 Å². The summed E-state index contributed by atoms with van der Waals surface area (Å²) in [6.07, 6.45) is 0. The Labute approximate surface area is 93.6 Å². The van der Waals surface area contributed by atoms with Crippen molar-refractivity contribution in [2.75, 3.05) is 0 Å². The van der Waals surface area contributed by atoms with Gasteiger partial charge in [-0.2, -0.15) is 0 Å². The molecule has 0 saturated carbocycles. The summed E-state index contributed by atoms with van der Waals surface area (Å²) in [6.45, 7) is 0. The van der Waals surface area contributed by atoms with E-state index < -0.39 is 7.82 Å². The van der Waals surface area contributed by atoms with Crippen LogP contribution in [-0.2, 0) is 4.57 Å². The SMILES string of the molecule is O=P(O)(O)O.[Cs]. The summed E-state index contributed by atoms with van der Waals surface area (Å²) < 4.78 is 8.88. The molecule has 6 heavy (non-hydrogen) atoms. The van der Waals surface area contributed by atoms with E-state index in [1.807, 2.05) is 0 Å². The molecule has 0 aromatic rings. The second-order valence-corrected chi connectivity index (χ2v) is 1.54. The third-order valence-corrected chi connectivity index (χ3v) is 0. The third-order valence-electron chi connectivity index (χ3n) is 0. The predicted molar refractivity (Wildman–Crippen MR) is 20.0 cm³/mol. The van der Waals surface area contributed by atoms with E-state index in [2.05, 4.69) is 0 Å². The third kappa shape index (κ3) is 35.1. The summed E-state index contributed by atoms with van der Waals surface area (Å²) in [5.74, 6) is 0. The number of hydrogen-bond donors (Lipinski definition) is 3. The Kier molecular flexibility index (Phi) is 7.50. The fourth-order valence-electron chi connectivity index (χ4n) is 0. The van der Waals surface area contributed by atoms with Crippen LogP contribution in [0.5, 0.6) is 0 Å². The van der Waals surface area contributed by atoms with Crippen LogP contribution in [0.4, 0.5) is 0 Å². The Morgan fingerprint density at radius 3 is 1.17 bits per heavy atom. The topological polar surface area (TPSA) is 77.8 Å². The molecule has 0 rings (SSSR count). The van der Waals surface area contributed by atoms with Crippen LogP contribution in [0.2, 0.25) is 0 Å². The van der Waals surface area contributed by atoms with Crippen molar-refractivity contribution in [1.29, 1.82) is 0 Å². The molecule has 4 nitrogen and oxygen atoms in total. The molecule has 1 radical (unpaired) electrons. The van der Waals surface area contributed by atoms with Gasteiger partial charge in [-0.3, -0.25) is 0 Å². The van der Waals surface area contributed by atoms with Gasteiger partial charge in [0.2, 0.25) is 0 Å². The minimum atomic E-state index is -4.64. The molecule has 0 aliphatic carbocycles. The molecule has 0 aromatic heterocycles. The summed E-state index contributed by atoms with van der Waals surface area (Å²) in [5, 5.41) is 0. The average molecular weight is 231 g/mol. The molecule has 6 heteroatoms. The van der Waals surface area contributed by atoms with Crippen molar-refractivity contribution in [3.63, 3.8) is 0 Å². The molecule has 33 valence electrons. The second-order valence-electron chi connectivity index (χ2n) is 0.513. The minimum absolute atomic E-state index is 0. The first-order valence-corrected chi connectivity index (χ1v) is 2.35. The molecule has 0 aromatic carbocycles. The van der Waals surface area contributed by atoms with Crippen LogP contribution in [0, 0.1) is 0 Å². The molecule has 0 unspecified atom stereocenters. The Hall–Kier alpha value is 2.16. The van der Waals surface area contributed by atoms with Crippen molar-refractivity contribution < 1.29 is 19.2 Å². The molecule has 0 aliphatic heterocycles. The maximum absolute atomic E-state index is 8.88. The minimum Gasteiger partial charge on any atom is -0.303 e. The summed E-state index contributed by atoms with van der Waals surface area (Å²) >= 11 is 0. The predicted octanol–water partition coefficient (Wildman–Crippen LogP) is -1.31. The van der Waals surface area contributed by atoms with E-state index in [4.69, 9.17) is 19.2 Å². The molecule has 0 fully saturated rings. The van der Waals surface area contributed by atoms with Crippen molar-refractivity contribution in [2.24, 2.45) is 0 Å². The first kappa shape index (κ1) is 11.0. The monoisotopic (exact) mass is 231 g/mol. The molecule has 0 amide bonds. The Bertz CT molecular complexity index is 53.7. The van der Waals surface area contributed by atoms with Crippen LogP contribution < -0.4 is 0 Å². The van der Waals surface area contributed by atoms with Crippen LogP contribution in [0.25, 0.3) is 0 Å². The molecule has 0 spiro atoms. The zero-order chi connectivity index (χ0) is 4.50. The van der Waals surface area contributed by atoms with Crippen LogP contribution >= 0.6 is 7.82 Å². The van der Waals surface area contributed by atoms with Crippen molar-refractivity contribution >= 4 is 76.7 Å². The van der Waals surface area contributed by atoms with Gasteiger partial charge >= 0.3 is 7.82 Å². The first-order valence-electron chi connectivity index (χ1n) is 0.783. The maximum atomic E-state index is 8.88. The average Bonchev–Trinajstić information content (AvgIpc) is 0.722. The van der Waals surface area contributed by atoms with Gasteiger partial charge in [0.05, 0.1) is 0 Å².